The summed E-state index contributed by atoms with van der Waals surface area (Å²) in [7, 11) is 0. The lowest BCUT2D eigenvalue weighted by molar-refractivity contribution is -0.00699. The Hall–Kier alpha value is 0. The monoisotopic (exact) mass is 889 g/mol. The van der Waals surface area contributed by atoms with Gasteiger partial charge in [-0.25, -0.2) is 0 Å². The maximum absolute atomic E-state index is 2.65. The molecule has 0 saturated heterocycles. The van der Waals surface area contributed by atoms with E-state index in [1.54, 1.807) is 77.0 Å². The van der Waals surface area contributed by atoms with Crippen LogP contribution in [0, 0.1) is 46.3 Å². The van der Waals surface area contributed by atoms with Crippen molar-refractivity contribution in [1.29, 1.82) is 0 Å². The van der Waals surface area contributed by atoms with Crippen molar-refractivity contribution in [3.8, 4) is 0 Å². The van der Waals surface area contributed by atoms with Crippen LogP contribution in [0.1, 0.15) is 362 Å². The molecule has 6 aliphatic carbocycles. The third-order valence-corrected chi connectivity index (χ3v) is 13.0. The van der Waals surface area contributed by atoms with E-state index in [2.05, 4.69) is 13.8 Å². The summed E-state index contributed by atoms with van der Waals surface area (Å²) in [6.07, 6.45) is 37.1. The maximum Gasteiger partial charge on any atom is -0.0295 e. The molecule has 62 heavy (non-hydrogen) atoms. The topological polar surface area (TPSA) is 0 Å². The molecule has 6 fully saturated rings. The van der Waals surface area contributed by atoms with Crippen LogP contribution in [0.5, 0.6) is 0 Å². The molecule has 0 aromatic heterocycles. The van der Waals surface area contributed by atoms with E-state index in [9.17, 15) is 0 Å². The van der Waals surface area contributed by atoms with Crippen molar-refractivity contribution in [1.82, 2.24) is 0 Å². The first-order valence-electron chi connectivity index (χ1n) is 30.6. The van der Waals surface area contributed by atoms with Gasteiger partial charge in [-0.15, -0.1) is 0 Å². The number of hydrogen-bond acceptors (Lipinski definition) is 0. The molecule has 6 saturated carbocycles. The zero-order valence-electron chi connectivity index (χ0n) is 51.4. The zero-order chi connectivity index (χ0) is 51.4. The third-order valence-electron chi connectivity index (χ3n) is 13.0. The molecule has 392 valence electrons. The molecule has 0 nitrogen and oxygen atoms in total. The summed E-state index contributed by atoms with van der Waals surface area (Å²) in [6, 6.07) is 0. The van der Waals surface area contributed by atoms with Gasteiger partial charge in [0.05, 0.1) is 0 Å². The van der Waals surface area contributed by atoms with Crippen LogP contribution in [-0.4, -0.2) is 0 Å². The van der Waals surface area contributed by atoms with Gasteiger partial charge < -0.3 is 0 Å². The van der Waals surface area contributed by atoms with Gasteiger partial charge in [-0.2, -0.15) is 0 Å². The van der Waals surface area contributed by atoms with Gasteiger partial charge in [-0.3, -0.25) is 0 Å². The van der Waals surface area contributed by atoms with Crippen LogP contribution >= 0.6 is 0 Å². The molecule has 6 aliphatic rings. The smallest absolute Gasteiger partial charge is 0.0295 e. The predicted octanol–water partition coefficient (Wildman–Crippen LogP) is 25.5. The lowest BCUT2D eigenvalue weighted by atomic mass is 9.54. The molecule has 0 heterocycles. The van der Waals surface area contributed by atoms with E-state index in [0.717, 1.165) is 46.3 Å². The van der Waals surface area contributed by atoms with E-state index in [4.69, 9.17) is 0 Å². The van der Waals surface area contributed by atoms with E-state index >= 15 is 0 Å². The Balaban J connectivity index is -0.0000000701. The lowest BCUT2D eigenvalue weighted by Crippen LogP contribution is -2.41. The Morgan fingerprint density at radius 3 is 0.935 bits per heavy atom. The standard InChI is InChI=1S/2C17H30.14C2H6/c1-17(12-5-2-6-13-17)16-11-7-9-14-8-3-4-10-15(14)16;1-17(11-5-2-6-12-17)16-10-9-14-7-3-4-8-15(14)13-16;14*1-2/h2*14-16H,2-13H2,1H3;14*1-2H3. The van der Waals surface area contributed by atoms with Crippen LogP contribution in [-0.2, 0) is 0 Å². The van der Waals surface area contributed by atoms with Gasteiger partial charge >= 0.3 is 0 Å². The molecule has 0 aromatic carbocycles. The molecule has 0 radical (unpaired) electrons. The second kappa shape index (κ2) is 75.3. The molecular weight excluding hydrogens is 745 g/mol. The lowest BCUT2D eigenvalue weighted by Gasteiger charge is -2.51. The first kappa shape index (κ1) is 85.3. The molecular formula is C62H144. The number of rotatable bonds is 2. The molecule has 0 bridgehead atoms. The minimum atomic E-state index is 0.735. The van der Waals surface area contributed by atoms with E-state index < -0.39 is 0 Å². The van der Waals surface area contributed by atoms with Gasteiger partial charge in [0.2, 0.25) is 0 Å². The Morgan fingerprint density at radius 2 is 0.548 bits per heavy atom. The van der Waals surface area contributed by atoms with Crippen LogP contribution < -0.4 is 0 Å². The highest BCUT2D eigenvalue weighted by Crippen LogP contribution is 2.55. The highest BCUT2D eigenvalue weighted by molar-refractivity contribution is 4.95. The quantitative estimate of drug-likeness (QED) is 0.259. The molecule has 0 N–H and O–H groups in total. The second-order valence-electron chi connectivity index (χ2n) is 15.0. The van der Waals surface area contributed by atoms with Crippen molar-refractivity contribution in [2.24, 2.45) is 46.3 Å². The van der Waals surface area contributed by atoms with Crippen molar-refractivity contribution in [2.45, 2.75) is 362 Å². The second-order valence-corrected chi connectivity index (χ2v) is 15.0. The molecule has 0 heteroatoms. The SMILES string of the molecule is CC.CC.CC.CC.CC.CC.CC.CC.CC.CC.CC.CC.CC.CC.CC1(C2CCC3CCCCC3C2)CCCCC1.CC1(C2CCCC3CCCCC32)CCCCC1. The average molecular weight is 890 g/mol. The van der Waals surface area contributed by atoms with Gasteiger partial charge in [0, 0.05) is 0 Å². The maximum atomic E-state index is 2.65. The summed E-state index contributed by atoms with van der Waals surface area (Å²) in [5.41, 5.74) is 1.47. The molecule has 0 amide bonds. The number of hydrogen-bond donors (Lipinski definition) is 0. The van der Waals surface area contributed by atoms with E-state index in [1.807, 2.05) is 194 Å². The summed E-state index contributed by atoms with van der Waals surface area (Å²) in [5, 5.41) is 0. The normalized spacial score (nSPS) is 24.3. The summed E-state index contributed by atoms with van der Waals surface area (Å²) in [5.74, 6) is 6.69. The fourth-order valence-electron chi connectivity index (χ4n) is 10.8. The minimum absolute atomic E-state index is 0.735. The molecule has 6 atom stereocenters. The highest BCUT2D eigenvalue weighted by atomic mass is 14.5. The summed E-state index contributed by atoms with van der Waals surface area (Å²) in [4.78, 5) is 0. The highest BCUT2D eigenvalue weighted by Gasteiger charge is 2.45. The van der Waals surface area contributed by atoms with Crippen molar-refractivity contribution >= 4 is 0 Å². The van der Waals surface area contributed by atoms with E-state index in [0.29, 0.717) is 0 Å². The van der Waals surface area contributed by atoms with Crippen LogP contribution in [0.3, 0.4) is 0 Å². The third kappa shape index (κ3) is 39.2. The summed E-state index contributed by atoms with van der Waals surface area (Å²) >= 11 is 0. The Kier molecular flexibility index (Phi) is 104. The van der Waals surface area contributed by atoms with Crippen molar-refractivity contribution in [2.75, 3.05) is 0 Å². The molecule has 0 aliphatic heterocycles. The first-order valence-corrected chi connectivity index (χ1v) is 30.6. The molecule has 6 rings (SSSR count). The van der Waals surface area contributed by atoms with Gasteiger partial charge in [-0.1, -0.05) is 304 Å². The van der Waals surface area contributed by atoms with Crippen LogP contribution in [0.25, 0.3) is 0 Å². The van der Waals surface area contributed by atoms with Gasteiger partial charge in [0.25, 0.3) is 0 Å². The van der Waals surface area contributed by atoms with E-state index in [1.165, 1.54) is 77.0 Å². The Bertz CT molecular complexity index is 602. The Labute approximate surface area is 406 Å². The molecule has 0 aromatic rings. The van der Waals surface area contributed by atoms with Gasteiger partial charge in [0.15, 0.2) is 0 Å². The van der Waals surface area contributed by atoms with Crippen LogP contribution in [0.2, 0.25) is 0 Å². The van der Waals surface area contributed by atoms with Gasteiger partial charge in [0.1, 0.15) is 0 Å². The summed E-state index contributed by atoms with van der Waals surface area (Å²) in [6.45, 7) is 61.3. The predicted molar refractivity (Wildman–Crippen MR) is 307 cm³/mol. The van der Waals surface area contributed by atoms with E-state index in [-0.39, 0.29) is 0 Å². The Morgan fingerprint density at radius 1 is 0.242 bits per heavy atom. The first-order chi connectivity index (χ1) is 30.6. The average Bonchev–Trinajstić information content (AvgIpc) is 3.42. The minimum Gasteiger partial charge on any atom is -0.0683 e. The van der Waals surface area contributed by atoms with Crippen LogP contribution in [0.15, 0.2) is 0 Å². The summed E-state index contributed by atoms with van der Waals surface area (Å²) < 4.78 is 0. The fraction of sp³-hybridized carbons (Fsp3) is 1.00. The molecule has 6 unspecified atom stereocenters. The van der Waals surface area contributed by atoms with Crippen molar-refractivity contribution in [3.05, 3.63) is 0 Å². The number of fused-ring (bicyclic) bond motifs is 2. The molecule has 0 spiro atoms. The largest absolute Gasteiger partial charge is 0.0683 e. The van der Waals surface area contributed by atoms with Crippen molar-refractivity contribution < 1.29 is 0 Å². The van der Waals surface area contributed by atoms with Crippen molar-refractivity contribution in [3.63, 3.8) is 0 Å². The van der Waals surface area contributed by atoms with Crippen LogP contribution in [0.4, 0.5) is 0 Å². The van der Waals surface area contributed by atoms with Gasteiger partial charge in [-0.05, 0) is 104 Å². The zero-order valence-corrected chi connectivity index (χ0v) is 51.4. The fourth-order valence-corrected chi connectivity index (χ4v) is 10.8.